The Labute approximate surface area is 88.1 Å². The van der Waals surface area contributed by atoms with E-state index in [-0.39, 0.29) is 6.10 Å². The summed E-state index contributed by atoms with van der Waals surface area (Å²) in [7, 11) is 0. The molecule has 1 aromatic carbocycles. The van der Waals surface area contributed by atoms with Crippen LogP contribution < -0.4 is 4.74 Å². The van der Waals surface area contributed by atoms with E-state index in [1.54, 1.807) is 0 Å². The van der Waals surface area contributed by atoms with Crippen molar-refractivity contribution in [2.75, 3.05) is 0 Å². The third-order valence-corrected chi connectivity index (χ3v) is 1.69. The van der Waals surface area contributed by atoms with E-state index in [9.17, 15) is 0 Å². The number of ether oxygens (including phenoxy) is 1. The predicted molar refractivity (Wildman–Crippen MR) is 63.0 cm³/mol. The van der Waals surface area contributed by atoms with E-state index in [1.807, 2.05) is 33.8 Å². The van der Waals surface area contributed by atoms with Crippen LogP contribution in [-0.2, 0) is 0 Å². The van der Waals surface area contributed by atoms with Crippen LogP contribution in [-0.4, -0.2) is 6.10 Å². The van der Waals surface area contributed by atoms with Gasteiger partial charge in [0.15, 0.2) is 0 Å². The fraction of sp³-hybridized carbons (Fsp3) is 0.538. The number of rotatable bonds is 2. The summed E-state index contributed by atoms with van der Waals surface area (Å²) in [6.45, 7) is 12.2. The van der Waals surface area contributed by atoms with Crippen LogP contribution in [0.25, 0.3) is 0 Å². The second-order valence-corrected chi connectivity index (χ2v) is 3.44. The molecule has 1 aromatic rings. The van der Waals surface area contributed by atoms with Crippen LogP contribution in [0.2, 0.25) is 0 Å². The summed E-state index contributed by atoms with van der Waals surface area (Å²) in [6, 6.07) is 6.24. The Bertz CT molecular complexity index is 264. The minimum atomic E-state index is 0.256. The van der Waals surface area contributed by atoms with Gasteiger partial charge >= 0.3 is 0 Å². The average Bonchev–Trinajstić information content (AvgIpc) is 2.13. The Kier molecular flexibility index (Phi) is 6.02. The fourth-order valence-corrected chi connectivity index (χ4v) is 1.19. The molecule has 0 radical (unpaired) electrons. The zero-order chi connectivity index (χ0) is 11.1. The summed E-state index contributed by atoms with van der Waals surface area (Å²) in [5.74, 6) is 0.996. The summed E-state index contributed by atoms with van der Waals surface area (Å²) in [4.78, 5) is 0. The van der Waals surface area contributed by atoms with Crippen molar-refractivity contribution in [3.05, 3.63) is 29.3 Å². The molecule has 0 saturated heterocycles. The lowest BCUT2D eigenvalue weighted by Crippen LogP contribution is -2.06. The number of hydrogen-bond donors (Lipinski definition) is 0. The minimum absolute atomic E-state index is 0.256. The van der Waals surface area contributed by atoms with Crippen LogP contribution in [0.3, 0.4) is 0 Å². The van der Waals surface area contributed by atoms with Crippen molar-refractivity contribution in [1.29, 1.82) is 0 Å². The largest absolute Gasteiger partial charge is 0.491 e. The molecule has 0 spiro atoms. The Morgan fingerprint density at radius 3 is 2.07 bits per heavy atom. The molecule has 0 aliphatic rings. The highest BCUT2D eigenvalue weighted by molar-refractivity contribution is 5.35. The normalized spacial score (nSPS) is 9.36. The van der Waals surface area contributed by atoms with Crippen LogP contribution in [0, 0.1) is 13.8 Å². The maximum absolute atomic E-state index is 5.60. The van der Waals surface area contributed by atoms with Gasteiger partial charge in [-0.05, 0) is 39.3 Å². The lowest BCUT2D eigenvalue weighted by atomic mass is 10.1. The molecule has 0 N–H and O–H groups in total. The van der Waals surface area contributed by atoms with Gasteiger partial charge < -0.3 is 4.74 Å². The molecule has 0 bridgehead atoms. The summed E-state index contributed by atoms with van der Waals surface area (Å²) < 4.78 is 5.60. The third kappa shape index (κ3) is 4.31. The molecule has 0 fully saturated rings. The van der Waals surface area contributed by atoms with Crippen molar-refractivity contribution >= 4 is 0 Å². The van der Waals surface area contributed by atoms with E-state index in [2.05, 4.69) is 26.0 Å². The second-order valence-electron chi connectivity index (χ2n) is 3.44. The SMILES string of the molecule is CC.Cc1ccc(OC(C)C)c(C)c1. The Hall–Kier alpha value is -0.980. The molecule has 14 heavy (non-hydrogen) atoms. The van der Waals surface area contributed by atoms with E-state index < -0.39 is 0 Å². The van der Waals surface area contributed by atoms with Gasteiger partial charge in [-0.25, -0.2) is 0 Å². The molecule has 1 nitrogen and oxygen atoms in total. The first-order valence-electron chi connectivity index (χ1n) is 5.33. The van der Waals surface area contributed by atoms with Crippen molar-refractivity contribution in [1.82, 2.24) is 0 Å². The number of hydrogen-bond acceptors (Lipinski definition) is 1. The van der Waals surface area contributed by atoms with Crippen molar-refractivity contribution in [3.8, 4) is 5.75 Å². The smallest absolute Gasteiger partial charge is 0.122 e. The third-order valence-electron chi connectivity index (χ3n) is 1.69. The summed E-state index contributed by atoms with van der Waals surface area (Å²) in [5, 5.41) is 0. The van der Waals surface area contributed by atoms with Gasteiger partial charge in [-0.1, -0.05) is 31.5 Å². The molecular weight excluding hydrogens is 172 g/mol. The van der Waals surface area contributed by atoms with Gasteiger partial charge in [-0.15, -0.1) is 0 Å². The lowest BCUT2D eigenvalue weighted by molar-refractivity contribution is 0.241. The summed E-state index contributed by atoms with van der Waals surface area (Å²) in [6.07, 6.45) is 0.256. The molecular formula is C13H22O. The first-order valence-corrected chi connectivity index (χ1v) is 5.33. The molecule has 1 rings (SSSR count). The Balaban J connectivity index is 0.000000791. The molecule has 0 unspecified atom stereocenters. The van der Waals surface area contributed by atoms with Crippen molar-refractivity contribution in [2.45, 2.75) is 47.6 Å². The van der Waals surface area contributed by atoms with E-state index >= 15 is 0 Å². The van der Waals surface area contributed by atoms with Crippen LogP contribution >= 0.6 is 0 Å². The van der Waals surface area contributed by atoms with Crippen molar-refractivity contribution in [2.24, 2.45) is 0 Å². The summed E-state index contributed by atoms with van der Waals surface area (Å²) >= 11 is 0. The van der Waals surface area contributed by atoms with E-state index in [4.69, 9.17) is 4.74 Å². The molecule has 0 aliphatic heterocycles. The van der Waals surface area contributed by atoms with Gasteiger partial charge in [0.1, 0.15) is 5.75 Å². The van der Waals surface area contributed by atoms with E-state index in [0.717, 1.165) is 5.75 Å². The highest BCUT2D eigenvalue weighted by Gasteiger charge is 2.00. The molecule has 0 aromatic heterocycles. The van der Waals surface area contributed by atoms with E-state index in [0.29, 0.717) is 0 Å². The zero-order valence-corrected chi connectivity index (χ0v) is 10.2. The molecule has 80 valence electrons. The molecule has 0 saturated carbocycles. The van der Waals surface area contributed by atoms with Gasteiger partial charge in [-0.3, -0.25) is 0 Å². The minimum Gasteiger partial charge on any atom is -0.491 e. The fourth-order valence-electron chi connectivity index (χ4n) is 1.19. The van der Waals surface area contributed by atoms with Crippen LogP contribution in [0.1, 0.15) is 38.8 Å². The second kappa shape index (κ2) is 6.47. The molecule has 0 amide bonds. The number of benzene rings is 1. The van der Waals surface area contributed by atoms with Gasteiger partial charge in [0.25, 0.3) is 0 Å². The Morgan fingerprint density at radius 1 is 1.07 bits per heavy atom. The van der Waals surface area contributed by atoms with Gasteiger partial charge in [0.05, 0.1) is 6.10 Å². The highest BCUT2D eigenvalue weighted by atomic mass is 16.5. The quantitative estimate of drug-likeness (QED) is 0.688. The highest BCUT2D eigenvalue weighted by Crippen LogP contribution is 2.19. The van der Waals surface area contributed by atoms with Gasteiger partial charge in [0, 0.05) is 0 Å². The molecule has 0 aliphatic carbocycles. The van der Waals surface area contributed by atoms with Gasteiger partial charge in [0.2, 0.25) is 0 Å². The zero-order valence-electron chi connectivity index (χ0n) is 10.2. The van der Waals surface area contributed by atoms with Crippen molar-refractivity contribution < 1.29 is 4.74 Å². The first-order chi connectivity index (χ1) is 6.59. The van der Waals surface area contributed by atoms with Gasteiger partial charge in [-0.2, -0.15) is 0 Å². The maximum Gasteiger partial charge on any atom is 0.122 e. The van der Waals surface area contributed by atoms with Crippen LogP contribution in [0.15, 0.2) is 18.2 Å². The molecule has 0 atom stereocenters. The predicted octanol–water partition coefficient (Wildman–Crippen LogP) is 4.12. The van der Waals surface area contributed by atoms with Crippen LogP contribution in [0.5, 0.6) is 5.75 Å². The first kappa shape index (κ1) is 13.0. The van der Waals surface area contributed by atoms with E-state index in [1.165, 1.54) is 11.1 Å². The Morgan fingerprint density at radius 2 is 1.64 bits per heavy atom. The number of aryl methyl sites for hydroxylation is 2. The standard InChI is InChI=1S/C11H16O.C2H6/c1-8(2)12-11-6-5-9(3)7-10(11)4;1-2/h5-8H,1-4H3;1-2H3. The monoisotopic (exact) mass is 194 g/mol. The average molecular weight is 194 g/mol. The molecule has 1 heteroatoms. The lowest BCUT2D eigenvalue weighted by Gasteiger charge is -2.12. The maximum atomic E-state index is 5.60. The summed E-state index contributed by atoms with van der Waals surface area (Å²) in [5.41, 5.74) is 2.49. The van der Waals surface area contributed by atoms with Crippen molar-refractivity contribution in [3.63, 3.8) is 0 Å². The molecule has 0 heterocycles. The van der Waals surface area contributed by atoms with Crippen LogP contribution in [0.4, 0.5) is 0 Å². The topological polar surface area (TPSA) is 9.23 Å².